The van der Waals surface area contributed by atoms with Crippen molar-refractivity contribution in [2.24, 2.45) is 0 Å². The molecule has 0 spiro atoms. The van der Waals surface area contributed by atoms with Crippen molar-refractivity contribution < 1.29 is 10.1 Å². The first-order valence-corrected chi connectivity index (χ1v) is 3.68. The van der Waals surface area contributed by atoms with Gasteiger partial charge in [0.1, 0.15) is 6.10 Å². The molecule has 2 nitrogen and oxygen atoms in total. The van der Waals surface area contributed by atoms with Crippen LogP contribution in [-0.4, -0.2) is 5.26 Å². The van der Waals surface area contributed by atoms with Gasteiger partial charge in [-0.05, 0) is 13.0 Å². The first-order chi connectivity index (χ1) is 5.25. The minimum absolute atomic E-state index is 0.372. The summed E-state index contributed by atoms with van der Waals surface area (Å²) in [5, 5.41) is 8.96. The topological polar surface area (TPSA) is 29.5 Å². The Balaban J connectivity index is 2.93. The highest BCUT2D eigenvalue weighted by atomic mass is 35.5. The molecule has 0 saturated carbocycles. The molecule has 1 aromatic carbocycles. The van der Waals surface area contributed by atoms with Gasteiger partial charge in [-0.2, -0.15) is 0 Å². The number of hydrogen-bond donors (Lipinski definition) is 1. The Bertz CT molecular complexity index is 237. The monoisotopic (exact) mass is 172 g/mol. The minimum atomic E-state index is -0.372. The zero-order chi connectivity index (χ0) is 8.27. The molecule has 0 aliphatic rings. The maximum atomic E-state index is 8.35. The van der Waals surface area contributed by atoms with Gasteiger partial charge in [0.15, 0.2) is 0 Å². The average Bonchev–Trinajstić information content (AvgIpc) is 2.04. The lowest BCUT2D eigenvalue weighted by molar-refractivity contribution is -0.277. The van der Waals surface area contributed by atoms with Crippen molar-refractivity contribution in [2.45, 2.75) is 13.0 Å². The van der Waals surface area contributed by atoms with Gasteiger partial charge in [0.25, 0.3) is 0 Å². The lowest BCUT2D eigenvalue weighted by Gasteiger charge is -2.08. The van der Waals surface area contributed by atoms with E-state index in [-0.39, 0.29) is 6.10 Å². The lowest BCUT2D eigenvalue weighted by Crippen LogP contribution is -1.96. The van der Waals surface area contributed by atoms with Crippen LogP contribution in [0.2, 0.25) is 5.02 Å². The number of halogens is 1. The fourth-order valence-corrected chi connectivity index (χ4v) is 1.15. The van der Waals surface area contributed by atoms with Crippen LogP contribution in [0.5, 0.6) is 0 Å². The van der Waals surface area contributed by atoms with Crippen molar-refractivity contribution in [3.63, 3.8) is 0 Å². The molecule has 0 aliphatic carbocycles. The van der Waals surface area contributed by atoms with Crippen molar-refractivity contribution in [3.05, 3.63) is 34.9 Å². The van der Waals surface area contributed by atoms with E-state index in [9.17, 15) is 0 Å². The van der Waals surface area contributed by atoms with E-state index in [1.54, 1.807) is 13.0 Å². The predicted octanol–water partition coefficient (Wildman–Crippen LogP) is 2.89. The molecule has 0 unspecified atom stereocenters. The summed E-state index contributed by atoms with van der Waals surface area (Å²) in [6, 6.07) is 7.24. The standard InChI is InChI=1S/C8H9ClO2/c1-6(11-10)7-4-2-3-5-8(7)9/h2-6,10H,1H3/t6-/m1/s1. The molecule has 3 heteroatoms. The molecular weight excluding hydrogens is 164 g/mol. The molecule has 1 rings (SSSR count). The van der Waals surface area contributed by atoms with Gasteiger partial charge in [-0.3, -0.25) is 5.26 Å². The second kappa shape index (κ2) is 3.72. The first kappa shape index (κ1) is 8.53. The van der Waals surface area contributed by atoms with E-state index in [0.717, 1.165) is 5.56 Å². The number of rotatable bonds is 2. The van der Waals surface area contributed by atoms with Crippen LogP contribution >= 0.6 is 11.6 Å². The number of hydrogen-bond acceptors (Lipinski definition) is 2. The lowest BCUT2D eigenvalue weighted by atomic mass is 10.1. The fraction of sp³-hybridized carbons (Fsp3) is 0.250. The van der Waals surface area contributed by atoms with Gasteiger partial charge >= 0.3 is 0 Å². The predicted molar refractivity (Wildman–Crippen MR) is 43.6 cm³/mol. The summed E-state index contributed by atoms with van der Waals surface area (Å²) in [5.41, 5.74) is 0.789. The van der Waals surface area contributed by atoms with E-state index in [4.69, 9.17) is 16.9 Å². The van der Waals surface area contributed by atoms with Crippen LogP contribution in [0.4, 0.5) is 0 Å². The van der Waals surface area contributed by atoms with E-state index in [2.05, 4.69) is 4.89 Å². The van der Waals surface area contributed by atoms with Crippen LogP contribution in [0.15, 0.2) is 24.3 Å². The molecule has 11 heavy (non-hydrogen) atoms. The highest BCUT2D eigenvalue weighted by Crippen LogP contribution is 2.23. The Hall–Kier alpha value is -0.570. The Morgan fingerprint density at radius 3 is 2.64 bits per heavy atom. The molecule has 1 aromatic rings. The van der Waals surface area contributed by atoms with Crippen molar-refractivity contribution >= 4 is 11.6 Å². The van der Waals surface area contributed by atoms with Gasteiger partial charge in [-0.15, -0.1) is 0 Å². The molecule has 0 bridgehead atoms. The third-order valence-electron chi connectivity index (χ3n) is 1.50. The SMILES string of the molecule is C[C@@H](OO)c1ccccc1Cl. The van der Waals surface area contributed by atoms with Crippen LogP contribution in [0, 0.1) is 0 Å². The third kappa shape index (κ3) is 1.93. The normalized spacial score (nSPS) is 13.0. The summed E-state index contributed by atoms with van der Waals surface area (Å²) in [4.78, 5) is 4.13. The van der Waals surface area contributed by atoms with E-state index < -0.39 is 0 Å². The molecule has 1 atom stereocenters. The van der Waals surface area contributed by atoms with Gasteiger partial charge in [0.05, 0.1) is 0 Å². The summed E-state index contributed by atoms with van der Waals surface area (Å²) in [6.07, 6.45) is -0.372. The Morgan fingerprint density at radius 1 is 1.45 bits per heavy atom. The molecule has 0 amide bonds. The largest absolute Gasteiger partial charge is 0.251 e. The summed E-state index contributed by atoms with van der Waals surface area (Å²) in [5.74, 6) is 0. The zero-order valence-electron chi connectivity index (χ0n) is 6.12. The molecule has 60 valence electrons. The zero-order valence-corrected chi connectivity index (χ0v) is 6.88. The van der Waals surface area contributed by atoms with Crippen LogP contribution in [0.3, 0.4) is 0 Å². The van der Waals surface area contributed by atoms with Crippen molar-refractivity contribution in [1.29, 1.82) is 0 Å². The molecular formula is C8H9ClO2. The van der Waals surface area contributed by atoms with Crippen LogP contribution in [-0.2, 0) is 4.89 Å². The third-order valence-corrected chi connectivity index (χ3v) is 1.85. The Morgan fingerprint density at radius 2 is 2.09 bits per heavy atom. The maximum absolute atomic E-state index is 8.35. The van der Waals surface area contributed by atoms with Gasteiger partial charge in [0, 0.05) is 10.6 Å². The van der Waals surface area contributed by atoms with E-state index in [1.807, 2.05) is 18.2 Å². The Labute approximate surface area is 70.3 Å². The molecule has 0 radical (unpaired) electrons. The van der Waals surface area contributed by atoms with E-state index in [1.165, 1.54) is 0 Å². The number of benzene rings is 1. The van der Waals surface area contributed by atoms with Crippen molar-refractivity contribution in [3.8, 4) is 0 Å². The molecule has 0 aliphatic heterocycles. The highest BCUT2D eigenvalue weighted by Gasteiger charge is 2.07. The quantitative estimate of drug-likeness (QED) is 0.549. The summed E-state index contributed by atoms with van der Waals surface area (Å²) in [7, 11) is 0. The van der Waals surface area contributed by atoms with Crippen molar-refractivity contribution in [2.75, 3.05) is 0 Å². The smallest absolute Gasteiger partial charge is 0.116 e. The van der Waals surface area contributed by atoms with Crippen LogP contribution < -0.4 is 0 Å². The van der Waals surface area contributed by atoms with Gasteiger partial charge in [-0.25, -0.2) is 4.89 Å². The summed E-state index contributed by atoms with van der Waals surface area (Å²) < 4.78 is 0. The highest BCUT2D eigenvalue weighted by molar-refractivity contribution is 6.31. The van der Waals surface area contributed by atoms with Gasteiger partial charge < -0.3 is 0 Å². The molecule has 0 saturated heterocycles. The second-order valence-corrected chi connectivity index (χ2v) is 2.68. The second-order valence-electron chi connectivity index (χ2n) is 2.27. The molecule has 0 heterocycles. The van der Waals surface area contributed by atoms with Gasteiger partial charge in [0.2, 0.25) is 0 Å². The maximum Gasteiger partial charge on any atom is 0.116 e. The fourth-order valence-electron chi connectivity index (χ4n) is 0.862. The van der Waals surface area contributed by atoms with Gasteiger partial charge in [-0.1, -0.05) is 29.8 Å². The van der Waals surface area contributed by atoms with Crippen LogP contribution in [0.25, 0.3) is 0 Å². The Kier molecular flexibility index (Phi) is 2.88. The molecule has 0 aromatic heterocycles. The first-order valence-electron chi connectivity index (χ1n) is 3.30. The minimum Gasteiger partial charge on any atom is -0.251 e. The summed E-state index contributed by atoms with van der Waals surface area (Å²) >= 11 is 5.81. The van der Waals surface area contributed by atoms with E-state index >= 15 is 0 Å². The molecule has 1 N–H and O–H groups in total. The van der Waals surface area contributed by atoms with E-state index in [0.29, 0.717) is 5.02 Å². The molecule has 0 fully saturated rings. The van der Waals surface area contributed by atoms with Crippen molar-refractivity contribution in [1.82, 2.24) is 0 Å². The van der Waals surface area contributed by atoms with Crippen LogP contribution in [0.1, 0.15) is 18.6 Å². The average molecular weight is 173 g/mol. The summed E-state index contributed by atoms with van der Waals surface area (Å²) in [6.45, 7) is 1.72.